The number of nitriles is 1. The molecule has 3 heteroatoms. The molecule has 0 spiro atoms. The lowest BCUT2D eigenvalue weighted by molar-refractivity contribution is 0.789. The summed E-state index contributed by atoms with van der Waals surface area (Å²) in [5, 5.41) is 12.0. The number of rotatable bonds is 5. The van der Waals surface area contributed by atoms with E-state index in [-0.39, 0.29) is 0 Å². The summed E-state index contributed by atoms with van der Waals surface area (Å²) in [6, 6.07) is 7.62. The van der Waals surface area contributed by atoms with Crippen molar-refractivity contribution in [1.29, 1.82) is 5.26 Å². The molecular formula is C13H13BrN2. The van der Waals surface area contributed by atoms with Gasteiger partial charge in [-0.2, -0.15) is 5.26 Å². The third kappa shape index (κ3) is 3.96. The number of terminal acetylenes is 1. The van der Waals surface area contributed by atoms with Crippen LogP contribution in [0.5, 0.6) is 0 Å². The van der Waals surface area contributed by atoms with Gasteiger partial charge in [0.15, 0.2) is 0 Å². The van der Waals surface area contributed by atoms with Crippen LogP contribution in [0.1, 0.15) is 24.8 Å². The van der Waals surface area contributed by atoms with Crippen LogP contribution in [0.25, 0.3) is 0 Å². The Labute approximate surface area is 105 Å². The fourth-order valence-electron chi connectivity index (χ4n) is 1.30. The summed E-state index contributed by atoms with van der Waals surface area (Å²) < 4.78 is 0.920. The highest BCUT2D eigenvalue weighted by Gasteiger charge is 2.00. The highest BCUT2D eigenvalue weighted by atomic mass is 79.9. The zero-order chi connectivity index (χ0) is 11.8. The lowest BCUT2D eigenvalue weighted by atomic mass is 10.2. The van der Waals surface area contributed by atoms with Crippen molar-refractivity contribution < 1.29 is 0 Å². The minimum atomic E-state index is 0.657. The van der Waals surface area contributed by atoms with E-state index in [1.54, 1.807) is 6.07 Å². The smallest absolute Gasteiger partial charge is 0.0992 e. The van der Waals surface area contributed by atoms with E-state index in [0.717, 1.165) is 36.0 Å². The number of hydrogen-bond donors (Lipinski definition) is 1. The highest BCUT2D eigenvalue weighted by molar-refractivity contribution is 9.10. The molecule has 0 heterocycles. The van der Waals surface area contributed by atoms with Crippen molar-refractivity contribution in [1.82, 2.24) is 0 Å². The van der Waals surface area contributed by atoms with Gasteiger partial charge in [0, 0.05) is 23.1 Å². The van der Waals surface area contributed by atoms with Crippen LogP contribution in [0.15, 0.2) is 22.7 Å². The zero-order valence-electron chi connectivity index (χ0n) is 8.96. The van der Waals surface area contributed by atoms with Crippen molar-refractivity contribution in [3.8, 4) is 18.4 Å². The van der Waals surface area contributed by atoms with Crippen molar-refractivity contribution in [3.05, 3.63) is 28.2 Å². The normalized spacial score (nSPS) is 9.19. The van der Waals surface area contributed by atoms with Gasteiger partial charge in [-0.25, -0.2) is 0 Å². The Bertz CT molecular complexity index is 427. The van der Waals surface area contributed by atoms with Gasteiger partial charge in [0.2, 0.25) is 0 Å². The van der Waals surface area contributed by atoms with Crippen LogP contribution >= 0.6 is 15.9 Å². The third-order valence-corrected chi connectivity index (χ3v) is 2.82. The molecule has 0 amide bonds. The topological polar surface area (TPSA) is 35.8 Å². The maximum atomic E-state index is 8.72. The van der Waals surface area contributed by atoms with Gasteiger partial charge in [0.05, 0.1) is 11.6 Å². The Morgan fingerprint density at radius 1 is 1.38 bits per heavy atom. The molecule has 1 rings (SSSR count). The minimum Gasteiger partial charge on any atom is -0.384 e. The Kier molecular flexibility index (Phi) is 5.46. The maximum Gasteiger partial charge on any atom is 0.0992 e. The van der Waals surface area contributed by atoms with Gasteiger partial charge < -0.3 is 5.32 Å². The Hall–Kier alpha value is -1.45. The fraction of sp³-hybridized carbons (Fsp3) is 0.308. The molecule has 0 aliphatic rings. The Morgan fingerprint density at radius 3 is 2.81 bits per heavy atom. The van der Waals surface area contributed by atoms with E-state index < -0.39 is 0 Å². The van der Waals surface area contributed by atoms with E-state index >= 15 is 0 Å². The summed E-state index contributed by atoms with van der Waals surface area (Å²) in [7, 11) is 0. The van der Waals surface area contributed by atoms with Crippen molar-refractivity contribution in [2.45, 2.75) is 19.3 Å². The zero-order valence-corrected chi connectivity index (χ0v) is 10.5. The summed E-state index contributed by atoms with van der Waals surface area (Å²) >= 11 is 3.42. The predicted octanol–water partition coefficient (Wildman–Crippen LogP) is 3.54. The van der Waals surface area contributed by atoms with E-state index in [1.807, 2.05) is 12.1 Å². The van der Waals surface area contributed by atoms with Crippen LogP contribution in [-0.4, -0.2) is 6.54 Å². The summed E-state index contributed by atoms with van der Waals surface area (Å²) in [4.78, 5) is 0. The summed E-state index contributed by atoms with van der Waals surface area (Å²) in [6.07, 6.45) is 8.09. The van der Waals surface area contributed by atoms with E-state index in [4.69, 9.17) is 11.7 Å². The molecule has 0 atom stereocenters. The van der Waals surface area contributed by atoms with Crippen molar-refractivity contribution in [2.24, 2.45) is 0 Å². The van der Waals surface area contributed by atoms with Gasteiger partial charge >= 0.3 is 0 Å². The van der Waals surface area contributed by atoms with Crippen LogP contribution in [-0.2, 0) is 0 Å². The fourth-order valence-corrected chi connectivity index (χ4v) is 1.82. The van der Waals surface area contributed by atoms with Gasteiger partial charge in [-0.3, -0.25) is 0 Å². The predicted molar refractivity (Wildman–Crippen MR) is 70.0 cm³/mol. The number of unbranched alkanes of at least 4 members (excludes halogenated alkanes) is 2. The molecule has 82 valence electrons. The van der Waals surface area contributed by atoms with E-state index in [9.17, 15) is 0 Å². The summed E-state index contributed by atoms with van der Waals surface area (Å²) in [5.41, 5.74) is 1.67. The molecule has 0 saturated heterocycles. The second-order valence-electron chi connectivity index (χ2n) is 3.39. The number of nitrogens with one attached hydrogen (secondary N) is 1. The number of hydrogen-bond acceptors (Lipinski definition) is 2. The second kappa shape index (κ2) is 6.93. The van der Waals surface area contributed by atoms with Crippen molar-refractivity contribution in [3.63, 3.8) is 0 Å². The van der Waals surface area contributed by atoms with Crippen LogP contribution < -0.4 is 5.32 Å². The van der Waals surface area contributed by atoms with Crippen LogP contribution in [0.2, 0.25) is 0 Å². The first-order valence-electron chi connectivity index (χ1n) is 5.15. The van der Waals surface area contributed by atoms with Gasteiger partial charge in [-0.05, 0) is 47.0 Å². The van der Waals surface area contributed by atoms with E-state index in [0.29, 0.717) is 5.56 Å². The Morgan fingerprint density at radius 2 is 2.19 bits per heavy atom. The second-order valence-corrected chi connectivity index (χ2v) is 4.25. The minimum absolute atomic E-state index is 0.657. The lowest BCUT2D eigenvalue weighted by Gasteiger charge is -2.07. The van der Waals surface area contributed by atoms with Gasteiger partial charge in [0.25, 0.3) is 0 Å². The number of benzene rings is 1. The molecule has 0 radical (unpaired) electrons. The van der Waals surface area contributed by atoms with E-state index in [2.05, 4.69) is 33.2 Å². The highest BCUT2D eigenvalue weighted by Crippen LogP contribution is 2.23. The Balaban J connectivity index is 2.43. The lowest BCUT2D eigenvalue weighted by Crippen LogP contribution is -2.01. The SMILES string of the molecule is C#CCCCCNc1ccc(C#N)cc1Br. The van der Waals surface area contributed by atoms with Crippen molar-refractivity contribution >= 4 is 21.6 Å². The first-order chi connectivity index (χ1) is 7.77. The first kappa shape index (κ1) is 12.6. The number of nitrogens with zero attached hydrogens (tertiary/aromatic N) is 1. The quantitative estimate of drug-likeness (QED) is 0.660. The molecule has 0 aliphatic carbocycles. The van der Waals surface area contributed by atoms with Gasteiger partial charge in [-0.15, -0.1) is 12.3 Å². The standard InChI is InChI=1S/C13H13BrN2/c1-2-3-4-5-8-16-13-7-6-11(10-15)9-12(13)14/h1,6-7,9,16H,3-5,8H2. The molecular weight excluding hydrogens is 264 g/mol. The molecule has 0 saturated carbocycles. The molecule has 0 fully saturated rings. The number of anilines is 1. The van der Waals surface area contributed by atoms with Gasteiger partial charge in [0.1, 0.15) is 0 Å². The molecule has 0 aliphatic heterocycles. The summed E-state index contributed by atoms with van der Waals surface area (Å²) in [6.45, 7) is 0.895. The number of halogens is 1. The van der Waals surface area contributed by atoms with Crippen LogP contribution in [0, 0.1) is 23.7 Å². The largest absolute Gasteiger partial charge is 0.384 e. The first-order valence-corrected chi connectivity index (χ1v) is 5.94. The average Bonchev–Trinajstić information content (AvgIpc) is 2.30. The molecule has 0 bridgehead atoms. The molecule has 0 unspecified atom stereocenters. The van der Waals surface area contributed by atoms with Crippen LogP contribution in [0.3, 0.4) is 0 Å². The van der Waals surface area contributed by atoms with Gasteiger partial charge in [-0.1, -0.05) is 0 Å². The maximum absolute atomic E-state index is 8.72. The van der Waals surface area contributed by atoms with E-state index in [1.165, 1.54) is 0 Å². The molecule has 1 N–H and O–H groups in total. The molecule has 16 heavy (non-hydrogen) atoms. The van der Waals surface area contributed by atoms with Crippen LogP contribution in [0.4, 0.5) is 5.69 Å². The monoisotopic (exact) mass is 276 g/mol. The molecule has 2 nitrogen and oxygen atoms in total. The molecule has 0 aromatic heterocycles. The summed E-state index contributed by atoms with van der Waals surface area (Å²) in [5.74, 6) is 2.62. The average molecular weight is 277 g/mol. The third-order valence-electron chi connectivity index (χ3n) is 2.16. The molecule has 1 aromatic carbocycles. The molecule has 1 aromatic rings. The van der Waals surface area contributed by atoms with Crippen molar-refractivity contribution in [2.75, 3.05) is 11.9 Å².